The fourth-order valence-corrected chi connectivity index (χ4v) is 4.43. The van der Waals surface area contributed by atoms with Gasteiger partial charge in [0.15, 0.2) is 0 Å². The summed E-state index contributed by atoms with van der Waals surface area (Å²) in [4.78, 5) is 27.3. The third-order valence-corrected chi connectivity index (χ3v) is 5.73. The van der Waals surface area contributed by atoms with Crippen LogP contribution < -0.4 is 5.56 Å². The number of carbonyl (C=O) groups is 1. The van der Waals surface area contributed by atoms with Gasteiger partial charge in [-0.15, -0.1) is 11.3 Å². The first-order valence-electron chi connectivity index (χ1n) is 8.32. The number of hydrogen-bond donors (Lipinski definition) is 0. The van der Waals surface area contributed by atoms with Crippen molar-refractivity contribution in [3.63, 3.8) is 0 Å². The highest BCUT2D eigenvalue weighted by molar-refractivity contribution is 7.17. The molecule has 3 aromatic rings. The van der Waals surface area contributed by atoms with Crippen molar-refractivity contribution in [3.05, 3.63) is 33.7 Å². The van der Waals surface area contributed by atoms with Crippen LogP contribution in [-0.4, -0.2) is 37.6 Å². The smallest absolute Gasteiger partial charge is 0.291 e. The van der Waals surface area contributed by atoms with E-state index >= 15 is 0 Å². The molecule has 0 radical (unpaired) electrons. The van der Waals surface area contributed by atoms with Crippen LogP contribution in [0.5, 0.6) is 0 Å². The number of thiophene rings is 1. The number of carbonyl (C=O) groups excluding carboxylic acids is 1. The zero-order valence-electron chi connectivity index (χ0n) is 13.9. The minimum Gasteiger partial charge on any atom is -0.338 e. The number of hydrogen-bond acceptors (Lipinski definition) is 4. The van der Waals surface area contributed by atoms with E-state index in [0.29, 0.717) is 5.52 Å². The predicted molar refractivity (Wildman–Crippen MR) is 94.6 cm³/mol. The van der Waals surface area contributed by atoms with E-state index in [2.05, 4.69) is 12.0 Å². The maximum absolute atomic E-state index is 12.8. The van der Waals surface area contributed by atoms with Gasteiger partial charge in [0, 0.05) is 12.6 Å². The molecule has 1 saturated heterocycles. The first-order valence-corrected chi connectivity index (χ1v) is 9.20. The third kappa shape index (κ3) is 2.34. The topological polar surface area (TPSA) is 59.6 Å². The van der Waals surface area contributed by atoms with E-state index in [-0.39, 0.29) is 24.1 Å². The lowest BCUT2D eigenvalue weighted by atomic mass is 10.0. The largest absolute Gasteiger partial charge is 0.338 e. The molecule has 1 fully saturated rings. The molecule has 0 unspecified atom stereocenters. The van der Waals surface area contributed by atoms with E-state index < -0.39 is 0 Å². The summed E-state index contributed by atoms with van der Waals surface area (Å²) in [5.74, 6) is 0.700. The summed E-state index contributed by atoms with van der Waals surface area (Å²) in [5.41, 5.74) is 1.38. The summed E-state index contributed by atoms with van der Waals surface area (Å²) in [6.45, 7) is 4.73. The molecule has 1 amide bonds. The third-order valence-electron chi connectivity index (χ3n) is 4.87. The highest BCUT2D eigenvalue weighted by Gasteiger charge is 2.24. The van der Waals surface area contributed by atoms with Gasteiger partial charge < -0.3 is 4.90 Å². The number of fused-ring (bicyclic) bond motifs is 3. The standard InChI is InChI=1S/C17H20N4O2S/c1-11-5-3-4-7-19(11)16(22)10-20-17(23)14-9-15-13(6-8-24-15)21(14)12(2)18-20/h6,8-9,11H,3-5,7,10H2,1-2H3/t11-/m1/s1. The van der Waals surface area contributed by atoms with Gasteiger partial charge in [0.1, 0.15) is 17.9 Å². The van der Waals surface area contributed by atoms with Crippen LogP contribution in [0.25, 0.3) is 15.7 Å². The number of amides is 1. The van der Waals surface area contributed by atoms with E-state index in [4.69, 9.17) is 0 Å². The Kier molecular flexibility index (Phi) is 3.68. The van der Waals surface area contributed by atoms with Crippen LogP contribution in [0.1, 0.15) is 32.0 Å². The molecule has 0 spiro atoms. The summed E-state index contributed by atoms with van der Waals surface area (Å²) < 4.78 is 4.25. The van der Waals surface area contributed by atoms with Crippen molar-refractivity contribution < 1.29 is 4.79 Å². The molecule has 24 heavy (non-hydrogen) atoms. The number of piperidine rings is 1. The lowest BCUT2D eigenvalue weighted by Crippen LogP contribution is -2.45. The molecular formula is C17H20N4O2S. The summed E-state index contributed by atoms with van der Waals surface area (Å²) in [6, 6.07) is 4.12. The number of aromatic nitrogens is 3. The Bertz CT molecular complexity index is 984. The molecule has 1 aliphatic heterocycles. The molecule has 0 N–H and O–H groups in total. The van der Waals surface area contributed by atoms with E-state index in [0.717, 1.165) is 41.8 Å². The molecule has 0 saturated carbocycles. The highest BCUT2D eigenvalue weighted by atomic mass is 32.1. The van der Waals surface area contributed by atoms with Gasteiger partial charge in [0.25, 0.3) is 5.56 Å². The second-order valence-corrected chi connectivity index (χ2v) is 7.42. The minimum atomic E-state index is -0.206. The quantitative estimate of drug-likeness (QED) is 0.717. The van der Waals surface area contributed by atoms with Crippen molar-refractivity contribution in [2.75, 3.05) is 6.54 Å². The van der Waals surface area contributed by atoms with Crippen molar-refractivity contribution in [1.29, 1.82) is 0 Å². The molecular weight excluding hydrogens is 324 g/mol. The Morgan fingerprint density at radius 3 is 3.00 bits per heavy atom. The van der Waals surface area contributed by atoms with Gasteiger partial charge >= 0.3 is 0 Å². The average Bonchev–Trinajstić information content (AvgIpc) is 3.13. The van der Waals surface area contributed by atoms with Crippen LogP contribution in [0.3, 0.4) is 0 Å². The number of rotatable bonds is 2. The Balaban J connectivity index is 1.73. The highest BCUT2D eigenvalue weighted by Crippen LogP contribution is 2.24. The average molecular weight is 344 g/mol. The lowest BCUT2D eigenvalue weighted by molar-refractivity contribution is -0.135. The van der Waals surface area contributed by atoms with Crippen molar-refractivity contribution in [2.24, 2.45) is 0 Å². The SMILES string of the molecule is Cc1nn(CC(=O)N2CCCC[C@H]2C)c(=O)c2cc3sccc3n12. The zero-order valence-corrected chi connectivity index (χ0v) is 14.7. The van der Waals surface area contributed by atoms with Crippen molar-refractivity contribution >= 4 is 33.0 Å². The van der Waals surface area contributed by atoms with Crippen molar-refractivity contribution in [3.8, 4) is 0 Å². The van der Waals surface area contributed by atoms with Gasteiger partial charge in [-0.3, -0.25) is 14.0 Å². The fraction of sp³-hybridized carbons (Fsp3) is 0.471. The second kappa shape index (κ2) is 5.73. The molecule has 4 rings (SSSR count). The van der Waals surface area contributed by atoms with Gasteiger partial charge in [-0.25, -0.2) is 4.68 Å². The molecule has 0 aliphatic carbocycles. The molecule has 1 aliphatic rings. The fourth-order valence-electron chi connectivity index (χ4n) is 3.62. The van der Waals surface area contributed by atoms with E-state index in [1.54, 1.807) is 11.3 Å². The van der Waals surface area contributed by atoms with Crippen LogP contribution in [0.15, 0.2) is 22.3 Å². The van der Waals surface area contributed by atoms with Crippen molar-refractivity contribution in [1.82, 2.24) is 19.1 Å². The van der Waals surface area contributed by atoms with Gasteiger partial charge in [-0.2, -0.15) is 5.10 Å². The van der Waals surface area contributed by atoms with Crippen LogP contribution in [0.2, 0.25) is 0 Å². The Morgan fingerprint density at radius 2 is 2.21 bits per heavy atom. The molecule has 7 heteroatoms. The van der Waals surface area contributed by atoms with Gasteiger partial charge in [-0.05, 0) is 50.6 Å². The maximum atomic E-state index is 12.8. The van der Waals surface area contributed by atoms with E-state index in [1.807, 2.05) is 33.7 Å². The van der Waals surface area contributed by atoms with Gasteiger partial charge in [-0.1, -0.05) is 0 Å². The molecule has 6 nitrogen and oxygen atoms in total. The molecule has 4 heterocycles. The normalized spacial score (nSPS) is 18.6. The van der Waals surface area contributed by atoms with Gasteiger partial charge in [0.05, 0.1) is 10.2 Å². The van der Waals surface area contributed by atoms with Gasteiger partial charge in [0.2, 0.25) is 5.91 Å². The van der Waals surface area contributed by atoms with Crippen LogP contribution in [0.4, 0.5) is 0 Å². The summed E-state index contributed by atoms with van der Waals surface area (Å²) in [7, 11) is 0. The predicted octanol–water partition coefficient (Wildman–Crippen LogP) is 2.42. The monoisotopic (exact) mass is 344 g/mol. The van der Waals surface area contributed by atoms with E-state index in [1.165, 1.54) is 4.68 Å². The van der Waals surface area contributed by atoms with Crippen molar-refractivity contribution in [2.45, 2.75) is 45.7 Å². The van der Waals surface area contributed by atoms with Crippen LogP contribution in [0, 0.1) is 6.92 Å². The molecule has 1 atom stereocenters. The zero-order chi connectivity index (χ0) is 16.8. The first kappa shape index (κ1) is 15.4. The molecule has 3 aromatic heterocycles. The Hall–Kier alpha value is -2.15. The summed E-state index contributed by atoms with van der Waals surface area (Å²) >= 11 is 1.60. The molecule has 0 bridgehead atoms. The Labute approximate surface area is 143 Å². The summed E-state index contributed by atoms with van der Waals surface area (Å²) in [5, 5.41) is 6.39. The lowest BCUT2D eigenvalue weighted by Gasteiger charge is -2.33. The van der Waals surface area contributed by atoms with Crippen LogP contribution >= 0.6 is 11.3 Å². The molecule has 0 aromatic carbocycles. The number of nitrogens with zero attached hydrogens (tertiary/aromatic N) is 4. The Morgan fingerprint density at radius 1 is 1.38 bits per heavy atom. The second-order valence-electron chi connectivity index (χ2n) is 6.48. The molecule has 126 valence electrons. The number of likely N-dealkylation sites (tertiary alicyclic amines) is 1. The number of aryl methyl sites for hydroxylation is 1. The first-order chi connectivity index (χ1) is 11.6. The minimum absolute atomic E-state index is 0.0132. The maximum Gasteiger partial charge on any atom is 0.291 e. The summed E-state index contributed by atoms with van der Waals surface area (Å²) in [6.07, 6.45) is 3.22. The van der Waals surface area contributed by atoms with E-state index in [9.17, 15) is 9.59 Å². The van der Waals surface area contributed by atoms with Crippen LogP contribution in [-0.2, 0) is 11.3 Å².